The van der Waals surface area contributed by atoms with Crippen molar-refractivity contribution in [2.24, 2.45) is 0 Å². The number of aryl methyl sites for hydroxylation is 1. The molecule has 2 amide bonds. The van der Waals surface area contributed by atoms with Crippen molar-refractivity contribution < 1.29 is 14.3 Å². The second-order valence-electron chi connectivity index (χ2n) is 8.07. The molecular weight excluding hydrogens is 414 g/mol. The minimum absolute atomic E-state index is 0.143. The van der Waals surface area contributed by atoms with Gasteiger partial charge in [0, 0.05) is 29.8 Å². The van der Waals surface area contributed by atoms with Crippen LogP contribution >= 0.6 is 0 Å². The molecule has 0 fully saturated rings. The Bertz CT molecular complexity index is 1260. The van der Waals surface area contributed by atoms with E-state index in [1.165, 1.54) is 4.90 Å². The molecule has 0 saturated carbocycles. The molecule has 0 unspecified atom stereocenters. The van der Waals surface area contributed by atoms with Crippen LogP contribution in [-0.4, -0.2) is 35.9 Å². The molecule has 6 nitrogen and oxygen atoms in total. The third-order valence-electron chi connectivity index (χ3n) is 5.80. The molecule has 1 aromatic heterocycles. The summed E-state index contributed by atoms with van der Waals surface area (Å²) in [6.45, 7) is 1.99. The summed E-state index contributed by atoms with van der Waals surface area (Å²) in [4.78, 5) is 31.4. The number of aromatic nitrogens is 1. The van der Waals surface area contributed by atoms with Crippen LogP contribution in [0, 0.1) is 6.92 Å². The van der Waals surface area contributed by atoms with Gasteiger partial charge >= 0.3 is 0 Å². The maximum atomic E-state index is 13.4. The van der Waals surface area contributed by atoms with E-state index in [9.17, 15) is 9.59 Å². The summed E-state index contributed by atoms with van der Waals surface area (Å²) in [6, 6.07) is 21.9. The largest absolute Gasteiger partial charge is 0.497 e. The summed E-state index contributed by atoms with van der Waals surface area (Å²) in [7, 11) is 3.27. The van der Waals surface area contributed by atoms with Gasteiger partial charge in [-0.1, -0.05) is 48.0 Å². The lowest BCUT2D eigenvalue weighted by Gasteiger charge is -2.28. The number of para-hydroxylation sites is 1. The standard InChI is InChI=1S/C27H27N3O3/c1-18-8-10-19(11-9-18)26(27(32)29-21-12-14-22(33-3)15-13-21)30(2)25(31)16-20-17-28-24-7-5-4-6-23(20)24/h4-15,17,26,28H,16H2,1-3H3,(H,29,32)/t26-/m0/s1. The first kappa shape index (κ1) is 22.1. The zero-order chi connectivity index (χ0) is 23.4. The van der Waals surface area contributed by atoms with Crippen LogP contribution in [0.1, 0.15) is 22.7 Å². The molecule has 0 spiro atoms. The van der Waals surface area contributed by atoms with Crippen LogP contribution in [0.15, 0.2) is 79.0 Å². The van der Waals surface area contributed by atoms with Crippen molar-refractivity contribution in [1.29, 1.82) is 0 Å². The van der Waals surface area contributed by atoms with Crippen molar-refractivity contribution in [3.8, 4) is 5.75 Å². The lowest BCUT2D eigenvalue weighted by atomic mass is 10.0. The van der Waals surface area contributed by atoms with E-state index >= 15 is 0 Å². The van der Waals surface area contributed by atoms with Gasteiger partial charge in [-0.25, -0.2) is 0 Å². The molecule has 33 heavy (non-hydrogen) atoms. The number of fused-ring (bicyclic) bond motifs is 1. The fraction of sp³-hybridized carbons (Fsp3) is 0.185. The number of carbonyl (C=O) groups excluding carboxylic acids is 2. The Kier molecular flexibility index (Phi) is 6.45. The van der Waals surface area contributed by atoms with Gasteiger partial charge in [0.15, 0.2) is 0 Å². The van der Waals surface area contributed by atoms with E-state index in [0.29, 0.717) is 11.4 Å². The number of carbonyl (C=O) groups is 2. The number of ether oxygens (including phenoxy) is 1. The Morgan fingerprint density at radius 1 is 1.00 bits per heavy atom. The first-order chi connectivity index (χ1) is 16.0. The molecule has 0 bridgehead atoms. The average molecular weight is 442 g/mol. The lowest BCUT2D eigenvalue weighted by molar-refractivity contribution is -0.136. The Balaban J connectivity index is 1.59. The fourth-order valence-corrected chi connectivity index (χ4v) is 3.89. The van der Waals surface area contributed by atoms with Crippen molar-refractivity contribution in [3.63, 3.8) is 0 Å². The van der Waals surface area contributed by atoms with E-state index in [0.717, 1.165) is 27.6 Å². The summed E-state index contributed by atoms with van der Waals surface area (Å²) in [6.07, 6.45) is 2.05. The van der Waals surface area contributed by atoms with E-state index in [4.69, 9.17) is 4.74 Å². The van der Waals surface area contributed by atoms with Gasteiger partial charge in [0.25, 0.3) is 5.91 Å². The molecule has 1 atom stereocenters. The van der Waals surface area contributed by atoms with Gasteiger partial charge < -0.3 is 19.9 Å². The number of benzene rings is 3. The highest BCUT2D eigenvalue weighted by Gasteiger charge is 2.29. The molecule has 0 saturated heterocycles. The van der Waals surface area contributed by atoms with Crippen LogP contribution in [0.25, 0.3) is 10.9 Å². The number of anilines is 1. The molecule has 2 N–H and O–H groups in total. The van der Waals surface area contributed by atoms with E-state index in [-0.39, 0.29) is 18.2 Å². The number of amides is 2. The fourth-order valence-electron chi connectivity index (χ4n) is 3.89. The topological polar surface area (TPSA) is 74.4 Å². The predicted molar refractivity (Wildman–Crippen MR) is 130 cm³/mol. The monoisotopic (exact) mass is 441 g/mol. The zero-order valence-electron chi connectivity index (χ0n) is 19.0. The molecule has 0 radical (unpaired) electrons. The molecule has 6 heteroatoms. The second-order valence-corrected chi connectivity index (χ2v) is 8.07. The van der Waals surface area contributed by atoms with Crippen molar-refractivity contribution in [3.05, 3.63) is 95.7 Å². The maximum absolute atomic E-state index is 13.4. The van der Waals surface area contributed by atoms with Gasteiger partial charge in [-0.2, -0.15) is 0 Å². The number of H-pyrrole nitrogens is 1. The highest BCUT2D eigenvalue weighted by Crippen LogP contribution is 2.25. The summed E-state index contributed by atoms with van der Waals surface area (Å²) < 4.78 is 5.18. The van der Waals surface area contributed by atoms with Crippen molar-refractivity contribution in [2.45, 2.75) is 19.4 Å². The summed E-state index contributed by atoms with van der Waals surface area (Å²) in [5, 5.41) is 3.94. The SMILES string of the molecule is COc1ccc(NC(=O)[C@H](c2ccc(C)cc2)N(C)C(=O)Cc2c[nH]c3ccccc23)cc1. The second kappa shape index (κ2) is 9.61. The molecular formula is C27H27N3O3. The molecule has 3 aromatic carbocycles. The predicted octanol–water partition coefficient (Wildman–Crippen LogP) is 4.87. The number of nitrogens with one attached hydrogen (secondary N) is 2. The minimum Gasteiger partial charge on any atom is -0.497 e. The molecule has 0 aliphatic rings. The van der Waals surface area contributed by atoms with Crippen LogP contribution in [0.4, 0.5) is 5.69 Å². The van der Waals surface area contributed by atoms with E-state index in [2.05, 4.69) is 10.3 Å². The molecule has 1 heterocycles. The van der Waals surface area contributed by atoms with Gasteiger partial charge in [0.2, 0.25) is 5.91 Å². The maximum Gasteiger partial charge on any atom is 0.251 e. The van der Waals surface area contributed by atoms with Crippen molar-refractivity contribution in [2.75, 3.05) is 19.5 Å². The van der Waals surface area contributed by atoms with E-state index in [1.807, 2.05) is 61.7 Å². The van der Waals surface area contributed by atoms with Crippen LogP contribution in [0.5, 0.6) is 5.75 Å². The number of nitrogens with zero attached hydrogens (tertiary/aromatic N) is 1. The lowest BCUT2D eigenvalue weighted by Crippen LogP contribution is -2.39. The Labute approximate surface area is 193 Å². The summed E-state index contributed by atoms with van der Waals surface area (Å²) in [5.74, 6) is 0.281. The van der Waals surface area contributed by atoms with E-state index in [1.54, 1.807) is 38.4 Å². The van der Waals surface area contributed by atoms with Gasteiger partial charge in [0.05, 0.1) is 13.5 Å². The highest BCUT2D eigenvalue weighted by atomic mass is 16.5. The zero-order valence-corrected chi connectivity index (χ0v) is 19.0. The molecule has 4 aromatic rings. The van der Waals surface area contributed by atoms with Gasteiger partial charge in [-0.3, -0.25) is 9.59 Å². The molecule has 0 aliphatic heterocycles. The third-order valence-corrected chi connectivity index (χ3v) is 5.80. The number of aromatic amines is 1. The number of rotatable bonds is 7. The molecule has 4 rings (SSSR count). The molecule has 168 valence electrons. The minimum atomic E-state index is -0.773. The number of methoxy groups -OCH3 is 1. The average Bonchev–Trinajstić information content (AvgIpc) is 3.23. The van der Waals surface area contributed by atoms with Crippen molar-refractivity contribution in [1.82, 2.24) is 9.88 Å². The first-order valence-electron chi connectivity index (χ1n) is 10.8. The van der Waals surface area contributed by atoms with Gasteiger partial charge in [-0.05, 0) is 48.4 Å². The normalized spacial score (nSPS) is 11.7. The number of hydrogen-bond acceptors (Lipinski definition) is 3. The van der Waals surface area contributed by atoms with Crippen LogP contribution in [-0.2, 0) is 16.0 Å². The summed E-state index contributed by atoms with van der Waals surface area (Å²) in [5.41, 5.74) is 4.36. The first-order valence-corrected chi connectivity index (χ1v) is 10.8. The Morgan fingerprint density at radius 3 is 2.39 bits per heavy atom. The van der Waals surface area contributed by atoms with Crippen LogP contribution in [0.2, 0.25) is 0 Å². The van der Waals surface area contributed by atoms with E-state index < -0.39 is 6.04 Å². The van der Waals surface area contributed by atoms with Crippen molar-refractivity contribution >= 4 is 28.4 Å². The van der Waals surface area contributed by atoms with Gasteiger partial charge in [-0.15, -0.1) is 0 Å². The summed E-state index contributed by atoms with van der Waals surface area (Å²) >= 11 is 0. The quantitative estimate of drug-likeness (QED) is 0.430. The van der Waals surface area contributed by atoms with Gasteiger partial charge in [0.1, 0.15) is 11.8 Å². The van der Waals surface area contributed by atoms with Crippen LogP contribution in [0.3, 0.4) is 0 Å². The Hall–Kier alpha value is -4.06. The highest BCUT2D eigenvalue weighted by molar-refractivity contribution is 5.98. The molecule has 0 aliphatic carbocycles. The Morgan fingerprint density at radius 2 is 1.70 bits per heavy atom. The van der Waals surface area contributed by atoms with Crippen LogP contribution < -0.4 is 10.1 Å². The smallest absolute Gasteiger partial charge is 0.251 e. The number of hydrogen-bond donors (Lipinski definition) is 2. The third kappa shape index (κ3) is 4.90. The number of likely N-dealkylation sites (N-methyl/N-ethyl adjacent to an activating group) is 1.